The van der Waals surface area contributed by atoms with E-state index in [2.05, 4.69) is 5.10 Å². The van der Waals surface area contributed by atoms with Gasteiger partial charge in [0.25, 0.3) is 5.69 Å². The minimum absolute atomic E-state index is 0.0884. The summed E-state index contributed by atoms with van der Waals surface area (Å²) in [4.78, 5) is 22.4. The average molecular weight is 288 g/mol. The predicted molar refractivity (Wildman–Crippen MR) is 71.6 cm³/mol. The Morgan fingerprint density at radius 2 is 2.10 bits per heavy atom. The van der Waals surface area contributed by atoms with Crippen molar-refractivity contribution < 1.29 is 9.31 Å². The number of pyridine rings is 1. The molecule has 0 aliphatic carbocycles. The van der Waals surface area contributed by atoms with Gasteiger partial charge in [-0.3, -0.25) is 14.5 Å². The Bertz CT molecular complexity index is 900. The van der Waals surface area contributed by atoms with E-state index in [4.69, 9.17) is 0 Å². The molecular formula is C13H9FN4O3. The summed E-state index contributed by atoms with van der Waals surface area (Å²) in [5.74, 6) is -0.604. The number of rotatable bonds is 3. The molecular weight excluding hydrogens is 279 g/mol. The number of aromatic nitrogens is 3. The van der Waals surface area contributed by atoms with Crippen molar-refractivity contribution in [1.29, 1.82) is 0 Å². The van der Waals surface area contributed by atoms with E-state index in [1.807, 2.05) is 0 Å². The minimum Gasteiger partial charge on any atom is -0.258 e. The molecule has 106 valence electrons. The second kappa shape index (κ2) is 4.82. The van der Waals surface area contributed by atoms with E-state index in [0.717, 1.165) is 22.9 Å². The van der Waals surface area contributed by atoms with Crippen LogP contribution in [0.4, 0.5) is 10.1 Å². The fourth-order valence-corrected chi connectivity index (χ4v) is 2.09. The molecule has 3 rings (SSSR count). The molecule has 8 heteroatoms. The molecule has 0 saturated heterocycles. The van der Waals surface area contributed by atoms with Crippen molar-refractivity contribution in [3.63, 3.8) is 0 Å². The summed E-state index contributed by atoms with van der Waals surface area (Å²) < 4.78 is 15.7. The summed E-state index contributed by atoms with van der Waals surface area (Å²) in [5.41, 5.74) is -0.184. The number of nitro benzene ring substituents is 1. The maximum atomic E-state index is 13.3. The summed E-state index contributed by atoms with van der Waals surface area (Å²) in [6.45, 7) is -0.172. The summed E-state index contributed by atoms with van der Waals surface area (Å²) in [7, 11) is 0. The molecule has 3 aromatic rings. The normalized spacial score (nSPS) is 10.9. The molecule has 2 heterocycles. The van der Waals surface area contributed by atoms with Gasteiger partial charge in [0.15, 0.2) is 5.65 Å². The summed E-state index contributed by atoms with van der Waals surface area (Å²) >= 11 is 0. The van der Waals surface area contributed by atoms with Gasteiger partial charge in [-0.2, -0.15) is 0 Å². The topological polar surface area (TPSA) is 82.4 Å². The van der Waals surface area contributed by atoms with Crippen LogP contribution in [0.15, 0.2) is 47.4 Å². The highest BCUT2D eigenvalue weighted by Crippen LogP contribution is 2.20. The molecule has 0 amide bonds. The van der Waals surface area contributed by atoms with Crippen LogP contribution in [-0.4, -0.2) is 19.1 Å². The van der Waals surface area contributed by atoms with Gasteiger partial charge in [0, 0.05) is 12.3 Å². The number of nitrogens with zero attached hydrogens (tertiary/aromatic N) is 4. The number of hydrogen-bond acceptors (Lipinski definition) is 4. The Labute approximate surface area is 117 Å². The van der Waals surface area contributed by atoms with Crippen LogP contribution < -0.4 is 5.69 Å². The number of halogens is 1. The lowest BCUT2D eigenvalue weighted by atomic mass is 10.2. The first-order chi connectivity index (χ1) is 10.1. The third-order valence-corrected chi connectivity index (χ3v) is 3.05. The van der Waals surface area contributed by atoms with Gasteiger partial charge in [0.05, 0.1) is 17.0 Å². The third-order valence-electron chi connectivity index (χ3n) is 3.05. The Kier molecular flexibility index (Phi) is 2.98. The van der Waals surface area contributed by atoms with Crippen LogP contribution in [0.3, 0.4) is 0 Å². The van der Waals surface area contributed by atoms with Crippen LogP contribution in [0.25, 0.3) is 5.65 Å². The van der Waals surface area contributed by atoms with Crippen LogP contribution in [-0.2, 0) is 6.54 Å². The van der Waals surface area contributed by atoms with Crippen molar-refractivity contribution in [2.75, 3.05) is 0 Å². The summed E-state index contributed by atoms with van der Waals surface area (Å²) in [6.07, 6.45) is 1.54. The second-order valence-corrected chi connectivity index (χ2v) is 4.40. The van der Waals surface area contributed by atoms with E-state index in [-0.39, 0.29) is 17.8 Å². The summed E-state index contributed by atoms with van der Waals surface area (Å²) in [5, 5.41) is 15.0. The summed E-state index contributed by atoms with van der Waals surface area (Å²) in [6, 6.07) is 8.15. The molecule has 7 nitrogen and oxygen atoms in total. The Balaban J connectivity index is 2.10. The minimum atomic E-state index is -0.615. The van der Waals surface area contributed by atoms with Gasteiger partial charge in [-0.1, -0.05) is 6.07 Å². The van der Waals surface area contributed by atoms with Crippen LogP contribution in [0.2, 0.25) is 0 Å². The first-order valence-electron chi connectivity index (χ1n) is 6.03. The average Bonchev–Trinajstić information content (AvgIpc) is 2.76. The van der Waals surface area contributed by atoms with E-state index in [0.29, 0.717) is 5.65 Å². The zero-order valence-electron chi connectivity index (χ0n) is 10.6. The molecule has 21 heavy (non-hydrogen) atoms. The van der Waals surface area contributed by atoms with Crippen molar-refractivity contribution in [2.24, 2.45) is 0 Å². The largest absolute Gasteiger partial charge is 0.350 e. The number of fused-ring (bicyclic) bond motifs is 1. The maximum absolute atomic E-state index is 13.3. The molecule has 2 aromatic heterocycles. The van der Waals surface area contributed by atoms with E-state index < -0.39 is 16.4 Å². The van der Waals surface area contributed by atoms with Gasteiger partial charge in [-0.05, 0) is 24.3 Å². The van der Waals surface area contributed by atoms with E-state index in [9.17, 15) is 19.3 Å². The van der Waals surface area contributed by atoms with E-state index >= 15 is 0 Å². The first kappa shape index (κ1) is 13.0. The van der Waals surface area contributed by atoms with Gasteiger partial charge < -0.3 is 0 Å². The second-order valence-electron chi connectivity index (χ2n) is 4.40. The van der Waals surface area contributed by atoms with Crippen molar-refractivity contribution in [2.45, 2.75) is 6.54 Å². The van der Waals surface area contributed by atoms with E-state index in [1.165, 1.54) is 4.40 Å². The van der Waals surface area contributed by atoms with Gasteiger partial charge in [0.2, 0.25) is 0 Å². The molecule has 0 radical (unpaired) electrons. The van der Waals surface area contributed by atoms with Crippen LogP contribution in [0.1, 0.15) is 5.56 Å². The Morgan fingerprint density at radius 3 is 2.81 bits per heavy atom. The lowest BCUT2D eigenvalue weighted by molar-refractivity contribution is -0.385. The van der Waals surface area contributed by atoms with Crippen LogP contribution >= 0.6 is 0 Å². The highest BCUT2D eigenvalue weighted by atomic mass is 19.1. The third kappa shape index (κ3) is 2.27. The number of hydrogen-bond donors (Lipinski definition) is 0. The fraction of sp³-hybridized carbons (Fsp3) is 0.0769. The van der Waals surface area contributed by atoms with Crippen molar-refractivity contribution in [3.05, 3.63) is 74.6 Å². The molecule has 0 spiro atoms. The fourth-order valence-electron chi connectivity index (χ4n) is 2.09. The molecule has 1 aromatic carbocycles. The van der Waals surface area contributed by atoms with Gasteiger partial charge >= 0.3 is 5.69 Å². The van der Waals surface area contributed by atoms with Gasteiger partial charge in [0.1, 0.15) is 5.82 Å². The maximum Gasteiger partial charge on any atom is 0.350 e. The smallest absolute Gasteiger partial charge is 0.258 e. The highest BCUT2D eigenvalue weighted by Gasteiger charge is 2.17. The zero-order chi connectivity index (χ0) is 15.0. The molecule has 0 bridgehead atoms. The zero-order valence-corrected chi connectivity index (χ0v) is 10.6. The molecule has 0 aliphatic heterocycles. The van der Waals surface area contributed by atoms with Gasteiger partial charge in [-0.15, -0.1) is 5.10 Å². The first-order valence-corrected chi connectivity index (χ1v) is 6.03. The van der Waals surface area contributed by atoms with Crippen LogP contribution in [0.5, 0.6) is 0 Å². The number of benzene rings is 1. The molecule has 0 N–H and O–H groups in total. The number of nitro groups is 1. The van der Waals surface area contributed by atoms with Crippen molar-refractivity contribution in [3.8, 4) is 0 Å². The van der Waals surface area contributed by atoms with Crippen LogP contribution in [0, 0.1) is 15.9 Å². The monoisotopic (exact) mass is 288 g/mol. The van der Waals surface area contributed by atoms with Crippen molar-refractivity contribution >= 4 is 11.3 Å². The molecule has 0 aliphatic rings. The molecule has 0 unspecified atom stereocenters. The predicted octanol–water partition coefficient (Wildman–Crippen LogP) is 1.59. The Morgan fingerprint density at radius 1 is 1.29 bits per heavy atom. The standard InChI is InChI=1S/C13H9FN4O3/c14-10-4-5-11(18(20)21)9(7-10)8-17-13(19)16-6-2-1-3-12(16)15-17/h1-7H,8H2. The SMILES string of the molecule is O=c1n(Cc2cc(F)ccc2[N+](=O)[O-])nc2ccccn12. The lowest BCUT2D eigenvalue weighted by Crippen LogP contribution is -2.22. The van der Waals surface area contributed by atoms with E-state index in [1.54, 1.807) is 24.4 Å². The van der Waals surface area contributed by atoms with Gasteiger partial charge in [-0.25, -0.2) is 13.9 Å². The highest BCUT2D eigenvalue weighted by molar-refractivity contribution is 5.41. The Hall–Kier alpha value is -3.03. The molecule has 0 fully saturated rings. The lowest BCUT2D eigenvalue weighted by Gasteiger charge is -2.02. The quantitative estimate of drug-likeness (QED) is 0.541. The van der Waals surface area contributed by atoms with Crippen molar-refractivity contribution in [1.82, 2.24) is 14.2 Å². The molecule has 0 atom stereocenters. The molecule has 0 saturated carbocycles.